The molecule has 1 heterocycles. The summed E-state index contributed by atoms with van der Waals surface area (Å²) < 4.78 is 10.6. The molecule has 0 spiro atoms. The fraction of sp³-hybridized carbons (Fsp3) is 0.538. The first-order valence-electron chi connectivity index (χ1n) is 5.94. The van der Waals surface area contributed by atoms with Crippen LogP contribution < -0.4 is 5.32 Å². The van der Waals surface area contributed by atoms with Gasteiger partial charge in [0.2, 0.25) is 0 Å². The Labute approximate surface area is 107 Å². The van der Waals surface area contributed by atoms with Gasteiger partial charge in [-0.05, 0) is 31.0 Å². The molecule has 2 atom stereocenters. The van der Waals surface area contributed by atoms with Crippen molar-refractivity contribution in [1.82, 2.24) is 5.32 Å². The number of hydrogen-bond donors (Lipinski definition) is 1. The Hall–Kier alpha value is -0.610. The van der Waals surface area contributed by atoms with E-state index in [1.54, 1.807) is 0 Å². The van der Waals surface area contributed by atoms with Crippen LogP contribution in [-0.4, -0.2) is 26.0 Å². The highest BCUT2D eigenvalue weighted by atomic mass is 35.5. The van der Waals surface area contributed by atoms with Crippen molar-refractivity contribution in [3.8, 4) is 0 Å². The summed E-state index contributed by atoms with van der Waals surface area (Å²) in [6.07, 6.45) is 1.22. The van der Waals surface area contributed by atoms with Gasteiger partial charge in [-0.15, -0.1) is 0 Å². The third kappa shape index (κ3) is 3.96. The minimum Gasteiger partial charge on any atom is -0.355 e. The van der Waals surface area contributed by atoms with Gasteiger partial charge >= 0.3 is 0 Å². The number of benzene rings is 1. The molecule has 1 unspecified atom stereocenters. The third-order valence-corrected chi connectivity index (χ3v) is 3.24. The monoisotopic (exact) mass is 255 g/mol. The summed E-state index contributed by atoms with van der Waals surface area (Å²) in [5, 5.41) is 4.24. The molecular formula is C13H18ClNO2. The van der Waals surface area contributed by atoms with Gasteiger partial charge in [-0.1, -0.05) is 23.7 Å². The Morgan fingerprint density at radius 2 is 2.18 bits per heavy atom. The van der Waals surface area contributed by atoms with E-state index in [4.69, 9.17) is 21.1 Å². The van der Waals surface area contributed by atoms with Gasteiger partial charge in [-0.2, -0.15) is 0 Å². The molecule has 0 bridgehead atoms. The summed E-state index contributed by atoms with van der Waals surface area (Å²) in [5.41, 5.74) is 1.24. The van der Waals surface area contributed by atoms with Crippen LogP contribution in [0.1, 0.15) is 24.9 Å². The SMILES string of the molecule is C[C@@H](NCC1CCOCO1)c1ccc(Cl)cc1. The summed E-state index contributed by atoms with van der Waals surface area (Å²) in [7, 11) is 0. The minimum absolute atomic E-state index is 0.263. The zero-order chi connectivity index (χ0) is 12.1. The largest absolute Gasteiger partial charge is 0.355 e. The molecule has 1 aliphatic rings. The van der Waals surface area contributed by atoms with E-state index >= 15 is 0 Å². The van der Waals surface area contributed by atoms with Crippen molar-refractivity contribution in [3.05, 3.63) is 34.9 Å². The second kappa shape index (κ2) is 6.36. The first-order chi connectivity index (χ1) is 8.25. The molecule has 4 heteroatoms. The van der Waals surface area contributed by atoms with Gasteiger partial charge in [0.15, 0.2) is 0 Å². The van der Waals surface area contributed by atoms with Crippen molar-refractivity contribution in [2.45, 2.75) is 25.5 Å². The Morgan fingerprint density at radius 1 is 1.41 bits per heavy atom. The molecule has 0 aromatic heterocycles. The lowest BCUT2D eigenvalue weighted by atomic mass is 10.1. The van der Waals surface area contributed by atoms with Crippen LogP contribution in [-0.2, 0) is 9.47 Å². The molecule has 0 aliphatic carbocycles. The Bertz CT molecular complexity index is 336. The molecule has 1 fully saturated rings. The van der Waals surface area contributed by atoms with E-state index in [9.17, 15) is 0 Å². The molecule has 0 saturated carbocycles. The lowest BCUT2D eigenvalue weighted by Crippen LogP contribution is -2.35. The van der Waals surface area contributed by atoms with Crippen LogP contribution in [0.25, 0.3) is 0 Å². The molecule has 17 heavy (non-hydrogen) atoms. The summed E-state index contributed by atoms with van der Waals surface area (Å²) in [5.74, 6) is 0. The highest BCUT2D eigenvalue weighted by Gasteiger charge is 2.15. The van der Waals surface area contributed by atoms with E-state index in [0.29, 0.717) is 12.8 Å². The van der Waals surface area contributed by atoms with Gasteiger partial charge in [0, 0.05) is 17.6 Å². The first kappa shape index (κ1) is 12.8. The van der Waals surface area contributed by atoms with Crippen molar-refractivity contribution in [1.29, 1.82) is 0 Å². The highest BCUT2D eigenvalue weighted by molar-refractivity contribution is 6.30. The fourth-order valence-corrected chi connectivity index (χ4v) is 1.97. The molecular weight excluding hydrogens is 238 g/mol. The van der Waals surface area contributed by atoms with Crippen LogP contribution in [0.15, 0.2) is 24.3 Å². The number of rotatable bonds is 4. The standard InChI is InChI=1S/C13H18ClNO2/c1-10(11-2-4-12(14)5-3-11)15-8-13-6-7-16-9-17-13/h2-5,10,13,15H,6-9H2,1H3/t10-,13?/m1/s1. The second-order valence-corrected chi connectivity index (χ2v) is 4.72. The highest BCUT2D eigenvalue weighted by Crippen LogP contribution is 2.16. The van der Waals surface area contributed by atoms with Crippen molar-refractivity contribution in [2.24, 2.45) is 0 Å². The van der Waals surface area contributed by atoms with E-state index in [1.807, 2.05) is 24.3 Å². The molecule has 1 saturated heterocycles. The van der Waals surface area contributed by atoms with Crippen molar-refractivity contribution in [2.75, 3.05) is 19.9 Å². The Morgan fingerprint density at radius 3 is 2.82 bits per heavy atom. The van der Waals surface area contributed by atoms with Gasteiger partial charge in [-0.3, -0.25) is 0 Å². The van der Waals surface area contributed by atoms with E-state index in [2.05, 4.69) is 12.2 Å². The van der Waals surface area contributed by atoms with E-state index in [0.717, 1.165) is 24.6 Å². The average molecular weight is 256 g/mol. The Kier molecular flexibility index (Phi) is 4.80. The molecule has 1 N–H and O–H groups in total. The van der Waals surface area contributed by atoms with Crippen molar-refractivity contribution in [3.63, 3.8) is 0 Å². The molecule has 1 aromatic rings. The van der Waals surface area contributed by atoms with Crippen LogP contribution >= 0.6 is 11.6 Å². The van der Waals surface area contributed by atoms with Crippen molar-refractivity contribution >= 4 is 11.6 Å². The molecule has 0 radical (unpaired) electrons. The molecule has 0 amide bonds. The molecule has 1 aromatic carbocycles. The van der Waals surface area contributed by atoms with E-state index in [-0.39, 0.29) is 6.10 Å². The van der Waals surface area contributed by atoms with Crippen molar-refractivity contribution < 1.29 is 9.47 Å². The lowest BCUT2D eigenvalue weighted by Gasteiger charge is -2.25. The smallest absolute Gasteiger partial charge is 0.147 e. The minimum atomic E-state index is 0.263. The number of ether oxygens (including phenoxy) is 2. The topological polar surface area (TPSA) is 30.5 Å². The van der Waals surface area contributed by atoms with Gasteiger partial charge < -0.3 is 14.8 Å². The first-order valence-corrected chi connectivity index (χ1v) is 6.31. The summed E-state index contributed by atoms with van der Waals surface area (Å²) in [6, 6.07) is 8.23. The average Bonchev–Trinajstić information content (AvgIpc) is 2.38. The summed E-state index contributed by atoms with van der Waals surface area (Å²) in [6.45, 7) is 4.21. The van der Waals surface area contributed by atoms with Crippen LogP contribution in [0.3, 0.4) is 0 Å². The number of hydrogen-bond acceptors (Lipinski definition) is 3. The predicted octanol–water partition coefficient (Wildman–Crippen LogP) is 2.75. The Balaban J connectivity index is 1.80. The maximum atomic E-state index is 5.86. The summed E-state index contributed by atoms with van der Waals surface area (Å²) in [4.78, 5) is 0. The second-order valence-electron chi connectivity index (χ2n) is 4.28. The van der Waals surface area contributed by atoms with Crippen LogP contribution in [0.5, 0.6) is 0 Å². The molecule has 3 nitrogen and oxygen atoms in total. The quantitative estimate of drug-likeness (QED) is 0.898. The third-order valence-electron chi connectivity index (χ3n) is 2.99. The van der Waals surface area contributed by atoms with Gasteiger partial charge in [0.25, 0.3) is 0 Å². The fourth-order valence-electron chi connectivity index (χ4n) is 1.84. The number of nitrogens with one attached hydrogen (secondary N) is 1. The van der Waals surface area contributed by atoms with E-state index < -0.39 is 0 Å². The summed E-state index contributed by atoms with van der Waals surface area (Å²) >= 11 is 5.86. The van der Waals surface area contributed by atoms with E-state index in [1.165, 1.54) is 5.56 Å². The van der Waals surface area contributed by atoms with Gasteiger partial charge in [0.1, 0.15) is 6.79 Å². The van der Waals surface area contributed by atoms with Crippen LogP contribution in [0, 0.1) is 0 Å². The zero-order valence-electron chi connectivity index (χ0n) is 9.99. The zero-order valence-corrected chi connectivity index (χ0v) is 10.7. The molecule has 1 aliphatic heterocycles. The van der Waals surface area contributed by atoms with Crippen LogP contribution in [0.2, 0.25) is 5.02 Å². The maximum Gasteiger partial charge on any atom is 0.147 e. The maximum absolute atomic E-state index is 5.86. The van der Waals surface area contributed by atoms with Gasteiger partial charge in [-0.25, -0.2) is 0 Å². The normalized spacial score (nSPS) is 22.4. The lowest BCUT2D eigenvalue weighted by molar-refractivity contribution is -0.137. The number of halogens is 1. The molecule has 94 valence electrons. The molecule has 2 rings (SSSR count). The van der Waals surface area contributed by atoms with Crippen LogP contribution in [0.4, 0.5) is 0 Å². The van der Waals surface area contributed by atoms with Gasteiger partial charge in [0.05, 0.1) is 12.7 Å². The predicted molar refractivity (Wildman–Crippen MR) is 68.2 cm³/mol.